The van der Waals surface area contributed by atoms with Gasteiger partial charge in [0.25, 0.3) is 5.91 Å². The van der Waals surface area contributed by atoms with Crippen LogP contribution in [0.4, 0.5) is 10.1 Å². The van der Waals surface area contributed by atoms with E-state index in [2.05, 4.69) is 5.32 Å². The Morgan fingerprint density at radius 2 is 1.62 bits per heavy atom. The fourth-order valence-corrected chi connectivity index (χ4v) is 2.97. The van der Waals surface area contributed by atoms with Gasteiger partial charge in [-0.15, -0.1) is 0 Å². The molecule has 0 atom stereocenters. The van der Waals surface area contributed by atoms with Crippen LogP contribution in [-0.4, -0.2) is 11.0 Å². The Morgan fingerprint density at radius 1 is 0.931 bits per heavy atom. The van der Waals surface area contributed by atoms with Crippen molar-refractivity contribution in [3.8, 4) is 22.6 Å². The molecule has 0 saturated carbocycles. The number of nitrogens with one attached hydrogen (secondary N) is 1. The fraction of sp³-hybridized carbons (Fsp3) is 0.0455. The highest BCUT2D eigenvalue weighted by Gasteiger charge is 2.14. The van der Waals surface area contributed by atoms with Crippen LogP contribution in [0.5, 0.6) is 0 Å². The molecule has 0 aliphatic heterocycles. The molecule has 0 saturated heterocycles. The lowest BCUT2D eigenvalue weighted by Gasteiger charge is -2.04. The number of rotatable bonds is 5. The van der Waals surface area contributed by atoms with Crippen molar-refractivity contribution in [1.82, 2.24) is 0 Å². The van der Waals surface area contributed by atoms with E-state index in [9.17, 15) is 9.18 Å². The predicted molar refractivity (Wildman–Crippen MR) is 107 cm³/mol. The van der Waals surface area contributed by atoms with Gasteiger partial charge < -0.3 is 19.3 Å². The van der Waals surface area contributed by atoms with Crippen LogP contribution >= 0.6 is 11.6 Å². The first kappa shape index (κ1) is 19.0. The zero-order chi connectivity index (χ0) is 20.4. The molecule has 0 bridgehead atoms. The van der Waals surface area contributed by atoms with Crippen LogP contribution in [0.2, 0.25) is 5.02 Å². The van der Waals surface area contributed by atoms with Gasteiger partial charge in [-0.3, -0.25) is 4.79 Å². The summed E-state index contributed by atoms with van der Waals surface area (Å²) >= 11 is 5.79. The summed E-state index contributed by atoms with van der Waals surface area (Å²) in [6, 6.07) is 17.9. The van der Waals surface area contributed by atoms with Gasteiger partial charge in [0.15, 0.2) is 5.76 Å². The number of amides is 1. The molecule has 5 nitrogen and oxygen atoms in total. The summed E-state index contributed by atoms with van der Waals surface area (Å²) in [7, 11) is 0. The van der Waals surface area contributed by atoms with Crippen molar-refractivity contribution in [3.05, 3.63) is 89.1 Å². The van der Waals surface area contributed by atoms with Crippen molar-refractivity contribution in [2.45, 2.75) is 6.61 Å². The number of aliphatic hydroxyl groups excluding tert-OH is 1. The summed E-state index contributed by atoms with van der Waals surface area (Å²) in [6.45, 7) is -0.163. The minimum absolute atomic E-state index is 0.0207. The Morgan fingerprint density at radius 3 is 2.31 bits per heavy atom. The Bertz CT molecular complexity index is 1160. The van der Waals surface area contributed by atoms with Crippen LogP contribution in [-0.2, 0) is 6.61 Å². The van der Waals surface area contributed by atoms with E-state index in [4.69, 9.17) is 25.5 Å². The molecule has 0 radical (unpaired) electrons. The van der Waals surface area contributed by atoms with Crippen molar-refractivity contribution in [3.63, 3.8) is 0 Å². The third-order valence-corrected chi connectivity index (χ3v) is 4.57. The molecular formula is C22H15ClFNO4. The maximum atomic E-state index is 13.3. The molecule has 1 amide bonds. The summed E-state index contributed by atoms with van der Waals surface area (Å²) in [5.41, 5.74) is 1.96. The minimum Gasteiger partial charge on any atom is -0.459 e. The average Bonchev–Trinajstić information content (AvgIpc) is 3.40. The topological polar surface area (TPSA) is 75.6 Å². The molecular weight excluding hydrogens is 397 g/mol. The lowest BCUT2D eigenvalue weighted by molar-refractivity contribution is 0.0997. The largest absolute Gasteiger partial charge is 0.459 e. The van der Waals surface area contributed by atoms with E-state index in [0.717, 1.165) is 5.56 Å². The molecule has 2 N–H and O–H groups in total. The molecule has 0 aliphatic carbocycles. The number of aliphatic hydroxyl groups is 1. The highest BCUT2D eigenvalue weighted by molar-refractivity contribution is 6.31. The van der Waals surface area contributed by atoms with Gasteiger partial charge in [-0.2, -0.15) is 0 Å². The van der Waals surface area contributed by atoms with E-state index in [1.165, 1.54) is 24.3 Å². The lowest BCUT2D eigenvalue weighted by Crippen LogP contribution is -2.10. The van der Waals surface area contributed by atoms with Gasteiger partial charge in [0.1, 0.15) is 29.7 Å². The maximum Gasteiger partial charge on any atom is 0.291 e. The molecule has 2 aromatic heterocycles. The van der Waals surface area contributed by atoms with Crippen LogP contribution in [0.3, 0.4) is 0 Å². The first-order valence-electron chi connectivity index (χ1n) is 8.70. The molecule has 4 aromatic rings. The monoisotopic (exact) mass is 411 g/mol. The molecule has 0 fully saturated rings. The molecule has 146 valence electrons. The number of carbonyl (C=O) groups excluding carboxylic acids is 1. The van der Waals surface area contributed by atoms with Gasteiger partial charge in [0.2, 0.25) is 0 Å². The number of benzene rings is 2. The zero-order valence-corrected chi connectivity index (χ0v) is 15.7. The first-order valence-corrected chi connectivity index (χ1v) is 9.08. The smallest absolute Gasteiger partial charge is 0.291 e. The molecule has 2 heterocycles. The van der Waals surface area contributed by atoms with Gasteiger partial charge >= 0.3 is 0 Å². The highest BCUT2D eigenvalue weighted by Crippen LogP contribution is 2.27. The normalized spacial score (nSPS) is 10.9. The molecule has 7 heteroatoms. The Hall–Kier alpha value is -3.35. The molecule has 4 rings (SSSR count). The van der Waals surface area contributed by atoms with Crippen LogP contribution in [0.25, 0.3) is 22.6 Å². The number of hydrogen-bond donors (Lipinski definition) is 2. The van der Waals surface area contributed by atoms with Gasteiger partial charge in [0, 0.05) is 16.8 Å². The Kier molecular flexibility index (Phi) is 5.20. The third-order valence-electron chi connectivity index (χ3n) is 4.28. The van der Waals surface area contributed by atoms with Crippen LogP contribution in [0, 0.1) is 5.82 Å². The predicted octanol–water partition coefficient (Wildman–Crippen LogP) is 5.74. The number of anilines is 1. The van der Waals surface area contributed by atoms with Gasteiger partial charge in [-0.1, -0.05) is 11.6 Å². The quantitative estimate of drug-likeness (QED) is 0.439. The number of hydrogen-bond acceptors (Lipinski definition) is 4. The second kappa shape index (κ2) is 7.95. The van der Waals surface area contributed by atoms with Crippen molar-refractivity contribution >= 4 is 23.2 Å². The number of halogens is 2. The summed E-state index contributed by atoms with van der Waals surface area (Å²) in [5.74, 6) is 0.686. The molecule has 0 unspecified atom stereocenters. The van der Waals surface area contributed by atoms with Gasteiger partial charge in [0.05, 0.1) is 5.02 Å². The number of furan rings is 2. The molecule has 2 aromatic carbocycles. The van der Waals surface area contributed by atoms with Crippen molar-refractivity contribution < 1.29 is 23.1 Å². The summed E-state index contributed by atoms with van der Waals surface area (Å²) in [6.07, 6.45) is 0. The maximum absolute atomic E-state index is 13.3. The van der Waals surface area contributed by atoms with E-state index < -0.39 is 11.7 Å². The first-order chi connectivity index (χ1) is 14.0. The summed E-state index contributed by atoms with van der Waals surface area (Å²) in [5, 5.41) is 11.8. The Labute approximate surface area is 170 Å². The molecule has 29 heavy (non-hydrogen) atoms. The Balaban J connectivity index is 1.46. The minimum atomic E-state index is -0.523. The van der Waals surface area contributed by atoms with Crippen molar-refractivity contribution in [2.75, 3.05) is 5.32 Å². The van der Waals surface area contributed by atoms with Gasteiger partial charge in [-0.05, 0) is 66.7 Å². The van der Waals surface area contributed by atoms with Crippen molar-refractivity contribution in [2.24, 2.45) is 0 Å². The van der Waals surface area contributed by atoms with Crippen molar-refractivity contribution in [1.29, 1.82) is 0 Å². The highest BCUT2D eigenvalue weighted by atomic mass is 35.5. The lowest BCUT2D eigenvalue weighted by atomic mass is 10.1. The SMILES string of the molecule is O=C(Nc1ccc(-c2ccc(CO)o2)cc1)c1ccc(-c2ccc(F)c(Cl)c2)o1. The molecule has 0 aliphatic rings. The zero-order valence-electron chi connectivity index (χ0n) is 15.0. The second-order valence-corrected chi connectivity index (χ2v) is 6.66. The van der Waals surface area contributed by atoms with Crippen LogP contribution in [0.15, 0.2) is 75.6 Å². The van der Waals surface area contributed by atoms with E-state index in [-0.39, 0.29) is 17.4 Å². The fourth-order valence-electron chi connectivity index (χ4n) is 2.79. The molecule has 0 spiro atoms. The van der Waals surface area contributed by atoms with Gasteiger partial charge in [-0.25, -0.2) is 4.39 Å². The second-order valence-electron chi connectivity index (χ2n) is 6.25. The van der Waals surface area contributed by atoms with E-state index in [1.54, 1.807) is 42.5 Å². The standard InChI is InChI=1S/C22H15ClFNO4/c23-17-11-14(3-7-18(17)24)20-9-10-21(29-20)22(27)25-15-4-1-13(2-5-15)19-8-6-16(12-26)28-19/h1-11,26H,12H2,(H,25,27). The third kappa shape index (κ3) is 4.08. The van der Waals surface area contributed by atoms with E-state index in [0.29, 0.717) is 28.5 Å². The van der Waals surface area contributed by atoms with Crippen LogP contribution < -0.4 is 5.32 Å². The van der Waals surface area contributed by atoms with Crippen LogP contribution in [0.1, 0.15) is 16.3 Å². The summed E-state index contributed by atoms with van der Waals surface area (Å²) < 4.78 is 24.4. The number of carbonyl (C=O) groups is 1. The van der Waals surface area contributed by atoms with E-state index >= 15 is 0 Å². The summed E-state index contributed by atoms with van der Waals surface area (Å²) in [4.78, 5) is 12.4. The average molecular weight is 412 g/mol. The van der Waals surface area contributed by atoms with E-state index in [1.807, 2.05) is 0 Å².